The molecule has 0 aromatic heterocycles. The molecule has 0 heterocycles. The highest BCUT2D eigenvalue weighted by molar-refractivity contribution is 7.66. The summed E-state index contributed by atoms with van der Waals surface area (Å²) in [7, 11) is 3.25. The second-order valence-corrected chi connectivity index (χ2v) is 6.90. The van der Waals surface area contributed by atoms with Crippen LogP contribution in [0.15, 0.2) is 24.3 Å². The molecule has 0 fully saturated rings. The van der Waals surface area contributed by atoms with Crippen LogP contribution < -0.4 is 14.8 Å². The SMILES string of the molecule is COc1ccc(PC(=O)c2c(C)cc(C)c(C)c2C)c(OC)c1. The number of ether oxygens (including phenoxy) is 2. The van der Waals surface area contributed by atoms with Crippen molar-refractivity contribution in [3.8, 4) is 11.5 Å². The first-order valence-electron chi connectivity index (χ1n) is 7.49. The summed E-state index contributed by atoms with van der Waals surface area (Å²) in [6.07, 6.45) is 0. The highest BCUT2D eigenvalue weighted by Gasteiger charge is 2.17. The summed E-state index contributed by atoms with van der Waals surface area (Å²) in [4.78, 5) is 12.9. The van der Waals surface area contributed by atoms with Crippen LogP contribution in [0.1, 0.15) is 32.6 Å². The first kappa shape index (κ1) is 17.5. The molecule has 0 aliphatic carbocycles. The lowest BCUT2D eigenvalue weighted by Gasteiger charge is -2.15. The number of carbonyl (C=O) groups excluding carboxylic acids is 1. The lowest BCUT2D eigenvalue weighted by atomic mass is 9.95. The molecule has 122 valence electrons. The van der Waals surface area contributed by atoms with Crippen molar-refractivity contribution in [1.29, 1.82) is 0 Å². The highest BCUT2D eigenvalue weighted by Crippen LogP contribution is 2.31. The quantitative estimate of drug-likeness (QED) is 0.775. The van der Waals surface area contributed by atoms with Gasteiger partial charge in [-0.2, -0.15) is 0 Å². The molecule has 0 bridgehead atoms. The lowest BCUT2D eigenvalue weighted by Crippen LogP contribution is -2.09. The van der Waals surface area contributed by atoms with Crippen LogP contribution in [0.5, 0.6) is 11.5 Å². The average Bonchev–Trinajstić information content (AvgIpc) is 2.53. The van der Waals surface area contributed by atoms with Gasteiger partial charge < -0.3 is 9.47 Å². The average molecular weight is 330 g/mol. The molecule has 0 aliphatic heterocycles. The maximum absolute atomic E-state index is 12.9. The van der Waals surface area contributed by atoms with Gasteiger partial charge in [-0.15, -0.1) is 0 Å². The van der Waals surface area contributed by atoms with Gasteiger partial charge in [0.25, 0.3) is 0 Å². The number of hydrogen-bond acceptors (Lipinski definition) is 3. The second-order valence-electron chi connectivity index (χ2n) is 5.66. The van der Waals surface area contributed by atoms with Crippen molar-refractivity contribution in [3.05, 3.63) is 52.1 Å². The molecule has 0 amide bonds. The molecule has 0 saturated heterocycles. The maximum atomic E-state index is 12.9. The number of benzene rings is 2. The van der Waals surface area contributed by atoms with E-state index in [0.717, 1.165) is 27.7 Å². The van der Waals surface area contributed by atoms with Crippen LogP contribution in [0.4, 0.5) is 0 Å². The molecule has 2 aromatic carbocycles. The van der Waals surface area contributed by atoms with Crippen LogP contribution in [-0.2, 0) is 0 Å². The summed E-state index contributed by atoms with van der Waals surface area (Å²) in [5.41, 5.74) is 5.51. The van der Waals surface area contributed by atoms with E-state index < -0.39 is 0 Å². The van der Waals surface area contributed by atoms with Gasteiger partial charge in [-0.1, -0.05) is 6.07 Å². The summed E-state index contributed by atoms with van der Waals surface area (Å²) >= 11 is 0. The minimum absolute atomic E-state index is 0.0256. The van der Waals surface area contributed by atoms with E-state index >= 15 is 0 Å². The van der Waals surface area contributed by atoms with E-state index in [0.29, 0.717) is 5.75 Å². The fourth-order valence-corrected chi connectivity index (χ4v) is 3.94. The molecular formula is C19H23O3P. The van der Waals surface area contributed by atoms with E-state index in [9.17, 15) is 4.79 Å². The monoisotopic (exact) mass is 330 g/mol. The molecule has 23 heavy (non-hydrogen) atoms. The Morgan fingerprint density at radius 2 is 1.61 bits per heavy atom. The van der Waals surface area contributed by atoms with Crippen LogP contribution in [0.2, 0.25) is 0 Å². The van der Waals surface area contributed by atoms with Crippen molar-refractivity contribution in [2.75, 3.05) is 14.2 Å². The lowest BCUT2D eigenvalue weighted by molar-refractivity contribution is 0.108. The maximum Gasteiger partial charge on any atom is 0.186 e. The predicted molar refractivity (Wildman–Crippen MR) is 97.2 cm³/mol. The van der Waals surface area contributed by atoms with Crippen LogP contribution in [-0.4, -0.2) is 19.7 Å². The Morgan fingerprint density at radius 1 is 0.913 bits per heavy atom. The van der Waals surface area contributed by atoms with Crippen LogP contribution in [0, 0.1) is 27.7 Å². The third-order valence-electron chi connectivity index (χ3n) is 4.24. The Hall–Kier alpha value is -1.86. The predicted octanol–water partition coefficient (Wildman–Crippen LogP) is 4.08. The first-order valence-corrected chi connectivity index (χ1v) is 8.49. The van der Waals surface area contributed by atoms with E-state index in [1.165, 1.54) is 11.1 Å². The van der Waals surface area contributed by atoms with Crippen molar-refractivity contribution in [3.63, 3.8) is 0 Å². The van der Waals surface area contributed by atoms with Gasteiger partial charge in [-0.25, -0.2) is 0 Å². The van der Waals surface area contributed by atoms with E-state index in [4.69, 9.17) is 9.47 Å². The van der Waals surface area contributed by atoms with Crippen LogP contribution in [0.3, 0.4) is 0 Å². The third kappa shape index (κ3) is 3.56. The fraction of sp³-hybridized carbons (Fsp3) is 0.316. The van der Waals surface area contributed by atoms with Crippen LogP contribution >= 0.6 is 8.58 Å². The molecule has 3 nitrogen and oxygen atoms in total. The molecule has 0 aliphatic rings. The van der Waals surface area contributed by atoms with E-state index in [1.807, 2.05) is 32.0 Å². The molecule has 2 rings (SSSR count). The number of methoxy groups -OCH3 is 2. The fourth-order valence-electron chi connectivity index (χ4n) is 2.72. The largest absolute Gasteiger partial charge is 0.497 e. The highest BCUT2D eigenvalue weighted by atomic mass is 31.1. The summed E-state index contributed by atoms with van der Waals surface area (Å²) in [5, 5.41) is 0.898. The molecule has 0 saturated carbocycles. The standard InChI is InChI=1S/C19H23O3P/c1-11-9-12(2)18(14(4)13(11)3)19(20)23-17-8-7-15(21-5)10-16(17)22-6/h7-10,23H,1-6H3. The normalized spacial score (nSPS) is 11.0. The van der Waals surface area contributed by atoms with E-state index in [-0.39, 0.29) is 14.1 Å². The molecular weight excluding hydrogens is 307 g/mol. The van der Waals surface area contributed by atoms with Gasteiger partial charge in [0.15, 0.2) is 5.52 Å². The number of rotatable bonds is 5. The van der Waals surface area contributed by atoms with E-state index in [2.05, 4.69) is 19.9 Å². The van der Waals surface area contributed by atoms with Gasteiger partial charge in [0.1, 0.15) is 11.5 Å². The number of hydrogen-bond donors (Lipinski definition) is 0. The van der Waals surface area contributed by atoms with Crippen molar-refractivity contribution in [2.45, 2.75) is 27.7 Å². The molecule has 1 atom stereocenters. The molecule has 4 heteroatoms. The third-order valence-corrected chi connectivity index (χ3v) is 5.40. The zero-order chi connectivity index (χ0) is 17.1. The smallest absolute Gasteiger partial charge is 0.186 e. The number of aryl methyl sites for hydroxylation is 2. The second kappa shape index (κ2) is 7.14. The molecule has 0 radical (unpaired) electrons. The molecule has 0 spiro atoms. The summed E-state index contributed by atoms with van der Waals surface area (Å²) in [6, 6.07) is 7.67. The summed E-state index contributed by atoms with van der Waals surface area (Å²) in [5.74, 6) is 1.41. The summed E-state index contributed by atoms with van der Waals surface area (Å²) in [6.45, 7) is 8.18. The Kier molecular flexibility index (Phi) is 5.43. The van der Waals surface area contributed by atoms with Crippen molar-refractivity contribution in [2.24, 2.45) is 0 Å². The van der Waals surface area contributed by atoms with Crippen molar-refractivity contribution in [1.82, 2.24) is 0 Å². The Bertz CT molecular complexity index is 751. The molecule has 1 unspecified atom stereocenters. The topological polar surface area (TPSA) is 35.5 Å². The first-order chi connectivity index (χ1) is 10.9. The summed E-state index contributed by atoms with van der Waals surface area (Å²) < 4.78 is 10.6. The minimum Gasteiger partial charge on any atom is -0.497 e. The number of carbonyl (C=O) groups is 1. The van der Waals surface area contributed by atoms with E-state index in [1.54, 1.807) is 14.2 Å². The van der Waals surface area contributed by atoms with Gasteiger partial charge in [-0.05, 0) is 70.7 Å². The van der Waals surface area contributed by atoms with Gasteiger partial charge in [0.05, 0.1) is 14.2 Å². The zero-order valence-corrected chi connectivity index (χ0v) is 15.5. The van der Waals surface area contributed by atoms with Crippen molar-refractivity contribution >= 4 is 19.4 Å². The Labute approximate surface area is 139 Å². The van der Waals surface area contributed by atoms with Gasteiger partial charge in [0.2, 0.25) is 0 Å². The van der Waals surface area contributed by atoms with Gasteiger partial charge in [-0.3, -0.25) is 4.79 Å². The van der Waals surface area contributed by atoms with Crippen LogP contribution in [0.25, 0.3) is 0 Å². The van der Waals surface area contributed by atoms with Gasteiger partial charge >= 0.3 is 0 Å². The Balaban J connectivity index is 2.39. The zero-order valence-electron chi connectivity index (χ0n) is 14.5. The molecule has 2 aromatic rings. The molecule has 0 N–H and O–H groups in total. The minimum atomic E-state index is 0.0256. The Morgan fingerprint density at radius 3 is 2.22 bits per heavy atom. The van der Waals surface area contributed by atoms with Crippen molar-refractivity contribution < 1.29 is 14.3 Å². The van der Waals surface area contributed by atoms with Gasteiger partial charge in [0, 0.05) is 16.9 Å².